The molecule has 0 bridgehead atoms. The Hall–Kier alpha value is -1.42. The van der Waals surface area contributed by atoms with E-state index in [1.807, 2.05) is 7.05 Å². The second-order valence-electron chi connectivity index (χ2n) is 3.60. The van der Waals surface area contributed by atoms with E-state index in [1.165, 1.54) is 13.2 Å². The number of benzene rings is 1. The molecule has 0 spiro atoms. The number of halogens is 1. The third kappa shape index (κ3) is 2.79. The molecular weight excluding hydrogens is 209 g/mol. The third-order valence-corrected chi connectivity index (χ3v) is 2.47. The zero-order valence-corrected chi connectivity index (χ0v) is 9.76. The number of nitrogens with one attached hydrogen (secondary N) is 1. The van der Waals surface area contributed by atoms with Crippen molar-refractivity contribution in [3.8, 4) is 0 Å². The number of hydrogen-bond acceptors (Lipinski definition) is 3. The van der Waals surface area contributed by atoms with Crippen LogP contribution in [0.3, 0.4) is 0 Å². The third-order valence-electron chi connectivity index (χ3n) is 2.47. The molecule has 16 heavy (non-hydrogen) atoms. The summed E-state index contributed by atoms with van der Waals surface area (Å²) in [6.45, 7) is 2.31. The topological polar surface area (TPSA) is 38.3 Å². The van der Waals surface area contributed by atoms with Crippen LogP contribution in [-0.2, 0) is 11.2 Å². The van der Waals surface area contributed by atoms with Gasteiger partial charge >= 0.3 is 5.97 Å². The van der Waals surface area contributed by atoms with Crippen LogP contribution in [0.2, 0.25) is 0 Å². The molecule has 1 rings (SSSR count). The van der Waals surface area contributed by atoms with Crippen molar-refractivity contribution in [2.75, 3.05) is 20.7 Å². The van der Waals surface area contributed by atoms with Crippen molar-refractivity contribution >= 4 is 5.97 Å². The van der Waals surface area contributed by atoms with Crippen LogP contribution in [0.4, 0.5) is 4.39 Å². The van der Waals surface area contributed by atoms with E-state index in [0.29, 0.717) is 17.5 Å². The lowest BCUT2D eigenvalue weighted by atomic mass is 10.0. The highest BCUT2D eigenvalue weighted by Gasteiger charge is 2.14. The molecule has 1 N–H and O–H groups in total. The molecule has 0 aliphatic heterocycles. The summed E-state index contributed by atoms with van der Waals surface area (Å²) in [6.07, 6.45) is 0.678. The lowest BCUT2D eigenvalue weighted by molar-refractivity contribution is 0.0599. The lowest BCUT2D eigenvalue weighted by Gasteiger charge is -2.08. The van der Waals surface area contributed by atoms with Crippen LogP contribution >= 0.6 is 0 Å². The summed E-state index contributed by atoms with van der Waals surface area (Å²) in [5, 5.41) is 2.97. The molecule has 1 aromatic rings. The largest absolute Gasteiger partial charge is 0.465 e. The van der Waals surface area contributed by atoms with E-state index in [1.54, 1.807) is 13.0 Å². The first-order valence-electron chi connectivity index (χ1n) is 5.12. The molecule has 88 valence electrons. The van der Waals surface area contributed by atoms with Gasteiger partial charge < -0.3 is 10.1 Å². The van der Waals surface area contributed by atoms with Gasteiger partial charge in [0.25, 0.3) is 0 Å². The van der Waals surface area contributed by atoms with E-state index >= 15 is 0 Å². The summed E-state index contributed by atoms with van der Waals surface area (Å²) in [6, 6.07) is 3.14. The smallest absolute Gasteiger partial charge is 0.338 e. The molecule has 4 heteroatoms. The highest BCUT2D eigenvalue weighted by molar-refractivity contribution is 5.91. The number of ether oxygens (including phenoxy) is 1. The number of likely N-dealkylation sites (N-methyl/N-ethyl adjacent to an activating group) is 1. The number of carbonyl (C=O) groups is 1. The maximum absolute atomic E-state index is 13.5. The van der Waals surface area contributed by atoms with Crippen LogP contribution in [0.1, 0.15) is 21.5 Å². The summed E-state index contributed by atoms with van der Waals surface area (Å²) < 4.78 is 18.1. The van der Waals surface area contributed by atoms with Crippen LogP contribution in [0.25, 0.3) is 0 Å². The van der Waals surface area contributed by atoms with E-state index in [9.17, 15) is 9.18 Å². The first-order valence-corrected chi connectivity index (χ1v) is 5.12. The van der Waals surface area contributed by atoms with E-state index in [0.717, 1.165) is 12.1 Å². The fourth-order valence-corrected chi connectivity index (χ4v) is 1.47. The number of rotatable bonds is 4. The highest BCUT2D eigenvalue weighted by Crippen LogP contribution is 2.17. The minimum absolute atomic E-state index is 0.300. The monoisotopic (exact) mass is 225 g/mol. The lowest BCUT2D eigenvalue weighted by Crippen LogP contribution is -2.12. The maximum atomic E-state index is 13.5. The van der Waals surface area contributed by atoms with E-state index in [-0.39, 0.29) is 5.82 Å². The van der Waals surface area contributed by atoms with Crippen LogP contribution in [0, 0.1) is 12.7 Å². The molecule has 0 heterocycles. The zero-order chi connectivity index (χ0) is 12.1. The van der Waals surface area contributed by atoms with Gasteiger partial charge in [0.05, 0.1) is 12.7 Å². The SMILES string of the molecule is CNCCc1cc(F)c(C)c(C(=O)OC)c1. The second kappa shape index (κ2) is 5.61. The molecule has 3 nitrogen and oxygen atoms in total. The van der Waals surface area contributed by atoms with Gasteiger partial charge in [0, 0.05) is 0 Å². The molecule has 0 unspecified atom stereocenters. The van der Waals surface area contributed by atoms with Crippen molar-refractivity contribution in [3.05, 3.63) is 34.6 Å². The molecule has 0 saturated carbocycles. The van der Waals surface area contributed by atoms with Crippen molar-refractivity contribution in [1.29, 1.82) is 0 Å². The molecule has 0 aliphatic rings. The fraction of sp³-hybridized carbons (Fsp3) is 0.417. The number of hydrogen-bond donors (Lipinski definition) is 1. The van der Waals surface area contributed by atoms with Crippen LogP contribution in [0.15, 0.2) is 12.1 Å². The van der Waals surface area contributed by atoms with Gasteiger partial charge in [-0.15, -0.1) is 0 Å². The number of carbonyl (C=O) groups excluding carboxylic acids is 1. The van der Waals surface area contributed by atoms with E-state index in [4.69, 9.17) is 0 Å². The van der Waals surface area contributed by atoms with Gasteiger partial charge in [-0.3, -0.25) is 0 Å². The highest BCUT2D eigenvalue weighted by atomic mass is 19.1. The molecule has 1 aromatic carbocycles. The quantitative estimate of drug-likeness (QED) is 0.792. The van der Waals surface area contributed by atoms with Crippen LogP contribution in [-0.4, -0.2) is 26.7 Å². The van der Waals surface area contributed by atoms with E-state index < -0.39 is 5.97 Å². The predicted octanol–water partition coefficient (Wildman–Crippen LogP) is 1.68. The molecule has 0 amide bonds. The summed E-state index contributed by atoms with van der Waals surface area (Å²) in [7, 11) is 3.12. The first-order chi connectivity index (χ1) is 7.60. The summed E-state index contributed by atoms with van der Waals surface area (Å²) in [5.41, 5.74) is 1.42. The summed E-state index contributed by atoms with van der Waals surface area (Å²) in [4.78, 5) is 11.4. The molecular formula is C12H16FNO2. The maximum Gasteiger partial charge on any atom is 0.338 e. The molecule has 0 saturated heterocycles. The average Bonchev–Trinajstić information content (AvgIpc) is 2.29. The van der Waals surface area contributed by atoms with Gasteiger partial charge in [0.2, 0.25) is 0 Å². The van der Waals surface area contributed by atoms with Gasteiger partial charge in [0.15, 0.2) is 0 Å². The first kappa shape index (κ1) is 12.6. The standard InChI is InChI=1S/C12H16FNO2/c1-8-10(12(15)16-3)6-9(4-5-14-2)7-11(8)13/h6-7,14H,4-5H2,1-3H3. The van der Waals surface area contributed by atoms with Crippen molar-refractivity contribution in [2.24, 2.45) is 0 Å². The second-order valence-corrected chi connectivity index (χ2v) is 3.60. The molecule has 0 fully saturated rings. The Morgan fingerprint density at radius 3 is 2.75 bits per heavy atom. The van der Waals surface area contributed by atoms with Gasteiger partial charge in [-0.25, -0.2) is 9.18 Å². The minimum atomic E-state index is -0.497. The number of methoxy groups -OCH3 is 1. The Morgan fingerprint density at radius 2 is 2.19 bits per heavy atom. The van der Waals surface area contributed by atoms with Gasteiger partial charge in [-0.05, 0) is 50.2 Å². The normalized spacial score (nSPS) is 10.2. The van der Waals surface area contributed by atoms with Crippen molar-refractivity contribution in [2.45, 2.75) is 13.3 Å². The number of esters is 1. The van der Waals surface area contributed by atoms with Crippen molar-refractivity contribution in [1.82, 2.24) is 5.32 Å². The van der Waals surface area contributed by atoms with Gasteiger partial charge in [0.1, 0.15) is 5.82 Å². The van der Waals surface area contributed by atoms with Crippen molar-refractivity contribution in [3.63, 3.8) is 0 Å². The van der Waals surface area contributed by atoms with Crippen molar-refractivity contribution < 1.29 is 13.9 Å². The summed E-state index contributed by atoms with van der Waals surface area (Å²) >= 11 is 0. The Bertz CT molecular complexity index is 391. The fourth-order valence-electron chi connectivity index (χ4n) is 1.47. The molecule has 0 aromatic heterocycles. The Labute approximate surface area is 94.6 Å². The van der Waals surface area contributed by atoms with E-state index in [2.05, 4.69) is 10.1 Å². The predicted molar refractivity (Wildman–Crippen MR) is 60.1 cm³/mol. The zero-order valence-electron chi connectivity index (χ0n) is 9.76. The molecule has 0 aliphatic carbocycles. The van der Waals surface area contributed by atoms with Gasteiger partial charge in [-0.1, -0.05) is 0 Å². The minimum Gasteiger partial charge on any atom is -0.465 e. The van der Waals surface area contributed by atoms with Gasteiger partial charge in [-0.2, -0.15) is 0 Å². The summed E-state index contributed by atoms with van der Waals surface area (Å²) in [5.74, 6) is -0.864. The van der Waals surface area contributed by atoms with Crippen LogP contribution < -0.4 is 5.32 Å². The Morgan fingerprint density at radius 1 is 1.50 bits per heavy atom. The average molecular weight is 225 g/mol. The van der Waals surface area contributed by atoms with Crippen LogP contribution in [0.5, 0.6) is 0 Å². The Kier molecular flexibility index (Phi) is 4.43. The molecule has 0 atom stereocenters. The Balaban J connectivity index is 3.06. The molecule has 0 radical (unpaired) electrons.